The molecule has 6 heteroatoms. The van der Waals surface area contributed by atoms with Gasteiger partial charge in [0.1, 0.15) is 11.4 Å². The Bertz CT molecular complexity index is 798. The van der Waals surface area contributed by atoms with Crippen LogP contribution in [0.5, 0.6) is 0 Å². The number of nitrogens with one attached hydrogen (secondary N) is 1. The number of amides is 2. The maximum atomic E-state index is 12.8. The predicted molar refractivity (Wildman–Crippen MR) is 104 cm³/mol. The molecule has 0 unspecified atom stereocenters. The Morgan fingerprint density at radius 1 is 1.15 bits per heavy atom. The average molecular weight is 367 g/mol. The molecule has 1 aromatic carbocycles. The molecule has 0 radical (unpaired) electrons. The highest BCUT2D eigenvalue weighted by Crippen LogP contribution is 2.33. The monoisotopic (exact) mass is 367 g/mol. The first-order chi connectivity index (χ1) is 12.8. The number of nitrogens with zero attached hydrogens (tertiary/aromatic N) is 2. The van der Waals surface area contributed by atoms with Crippen molar-refractivity contribution in [3.05, 3.63) is 59.8 Å². The summed E-state index contributed by atoms with van der Waals surface area (Å²) in [6.07, 6.45) is 3.04. The van der Waals surface area contributed by atoms with Gasteiger partial charge in [-0.2, -0.15) is 0 Å². The van der Waals surface area contributed by atoms with Crippen molar-refractivity contribution in [1.82, 2.24) is 9.88 Å². The number of ether oxygens (including phenoxy) is 1. The molecule has 1 aliphatic rings. The maximum Gasteiger partial charge on any atom is 0.413 e. The Kier molecular flexibility index (Phi) is 5.44. The number of pyridine rings is 1. The lowest BCUT2D eigenvalue weighted by molar-refractivity contribution is 0.0634. The van der Waals surface area contributed by atoms with Crippen LogP contribution in [0.15, 0.2) is 48.7 Å². The van der Waals surface area contributed by atoms with Gasteiger partial charge in [-0.3, -0.25) is 10.1 Å². The summed E-state index contributed by atoms with van der Waals surface area (Å²) >= 11 is 0. The lowest BCUT2D eigenvalue weighted by Crippen LogP contribution is -2.30. The van der Waals surface area contributed by atoms with Crippen LogP contribution in [0.4, 0.5) is 10.6 Å². The fourth-order valence-corrected chi connectivity index (χ4v) is 3.19. The van der Waals surface area contributed by atoms with Crippen molar-refractivity contribution >= 4 is 17.8 Å². The molecule has 27 heavy (non-hydrogen) atoms. The van der Waals surface area contributed by atoms with E-state index in [1.165, 1.54) is 0 Å². The number of carbonyl (C=O) groups excluding carboxylic acids is 2. The fourth-order valence-electron chi connectivity index (χ4n) is 3.19. The maximum absolute atomic E-state index is 12.8. The standard InChI is InChI=1S/C21H25N3O3/c1-21(2,3)27-20(26)23-18-12-11-16(14-22-18)17-10-7-13-24(17)19(25)15-8-5-4-6-9-15/h4-6,8-9,11-12,14,17H,7,10,13H2,1-3H3,(H,22,23,26)/t17-/m1/s1. The van der Waals surface area contributed by atoms with E-state index in [9.17, 15) is 9.59 Å². The van der Waals surface area contributed by atoms with Gasteiger partial charge >= 0.3 is 6.09 Å². The Labute approximate surface area is 159 Å². The molecule has 1 saturated heterocycles. The van der Waals surface area contributed by atoms with Gasteiger partial charge < -0.3 is 9.64 Å². The van der Waals surface area contributed by atoms with Gasteiger partial charge in [0.05, 0.1) is 6.04 Å². The van der Waals surface area contributed by atoms with Gasteiger partial charge in [-0.15, -0.1) is 0 Å². The Morgan fingerprint density at radius 3 is 2.52 bits per heavy atom. The minimum absolute atomic E-state index is 0.000725. The van der Waals surface area contributed by atoms with Crippen LogP contribution in [0.1, 0.15) is 55.6 Å². The van der Waals surface area contributed by atoms with Crippen LogP contribution in [0.2, 0.25) is 0 Å². The largest absolute Gasteiger partial charge is 0.444 e. The van der Waals surface area contributed by atoms with E-state index in [-0.39, 0.29) is 11.9 Å². The molecule has 0 bridgehead atoms. The molecular weight excluding hydrogens is 342 g/mol. The minimum atomic E-state index is -0.563. The number of hydrogen-bond acceptors (Lipinski definition) is 4. The molecule has 0 spiro atoms. The summed E-state index contributed by atoms with van der Waals surface area (Å²) in [6.45, 7) is 6.15. The third kappa shape index (κ3) is 4.84. The van der Waals surface area contributed by atoms with Crippen molar-refractivity contribution in [2.24, 2.45) is 0 Å². The highest BCUT2D eigenvalue weighted by atomic mass is 16.6. The SMILES string of the molecule is CC(C)(C)OC(=O)Nc1ccc([C@H]2CCCN2C(=O)c2ccccc2)cn1. The molecule has 2 heterocycles. The van der Waals surface area contributed by atoms with Crippen molar-refractivity contribution in [2.45, 2.75) is 45.3 Å². The van der Waals surface area contributed by atoms with Crippen molar-refractivity contribution in [3.63, 3.8) is 0 Å². The molecule has 1 atom stereocenters. The van der Waals surface area contributed by atoms with Gasteiger partial charge in [-0.25, -0.2) is 9.78 Å². The smallest absolute Gasteiger partial charge is 0.413 e. The van der Waals surface area contributed by atoms with Gasteiger partial charge in [-0.05, 0) is 57.4 Å². The zero-order chi connectivity index (χ0) is 19.4. The fraction of sp³-hybridized carbons (Fsp3) is 0.381. The first kappa shape index (κ1) is 18.9. The molecule has 1 N–H and O–H groups in total. The first-order valence-electron chi connectivity index (χ1n) is 9.15. The van der Waals surface area contributed by atoms with Crippen LogP contribution in [-0.2, 0) is 4.74 Å². The third-order valence-corrected chi connectivity index (χ3v) is 4.33. The van der Waals surface area contributed by atoms with Crippen molar-refractivity contribution in [3.8, 4) is 0 Å². The first-order valence-corrected chi connectivity index (χ1v) is 9.15. The van der Waals surface area contributed by atoms with Gasteiger partial charge in [0.25, 0.3) is 5.91 Å². The Balaban J connectivity index is 1.69. The quantitative estimate of drug-likeness (QED) is 0.872. The lowest BCUT2D eigenvalue weighted by Gasteiger charge is -2.25. The topological polar surface area (TPSA) is 71.5 Å². The van der Waals surface area contributed by atoms with Gasteiger partial charge in [0.15, 0.2) is 0 Å². The second kappa shape index (κ2) is 7.78. The highest BCUT2D eigenvalue weighted by molar-refractivity contribution is 5.94. The molecule has 2 amide bonds. The van der Waals surface area contributed by atoms with E-state index < -0.39 is 11.7 Å². The van der Waals surface area contributed by atoms with Gasteiger partial charge in [0.2, 0.25) is 0 Å². The van der Waals surface area contributed by atoms with Crippen molar-refractivity contribution < 1.29 is 14.3 Å². The number of carbonyl (C=O) groups is 2. The van der Waals surface area contributed by atoms with Crippen LogP contribution in [-0.4, -0.2) is 34.0 Å². The average Bonchev–Trinajstić information content (AvgIpc) is 3.10. The molecule has 1 fully saturated rings. The zero-order valence-corrected chi connectivity index (χ0v) is 15.9. The molecule has 0 aliphatic carbocycles. The summed E-state index contributed by atoms with van der Waals surface area (Å²) in [5.41, 5.74) is 1.10. The number of anilines is 1. The van der Waals surface area contributed by atoms with E-state index in [1.54, 1.807) is 12.3 Å². The predicted octanol–water partition coefficient (Wildman–Crippen LogP) is 4.41. The van der Waals surface area contributed by atoms with Gasteiger partial charge in [0, 0.05) is 18.3 Å². The summed E-state index contributed by atoms with van der Waals surface area (Å²) in [6, 6.07) is 13.0. The van der Waals surface area contributed by atoms with Crippen LogP contribution >= 0.6 is 0 Å². The third-order valence-electron chi connectivity index (χ3n) is 4.33. The number of benzene rings is 1. The lowest BCUT2D eigenvalue weighted by atomic mass is 10.1. The zero-order valence-electron chi connectivity index (χ0n) is 15.9. The molecule has 1 aliphatic heterocycles. The Hall–Kier alpha value is -2.89. The van der Waals surface area contributed by atoms with Crippen molar-refractivity contribution in [2.75, 3.05) is 11.9 Å². The molecular formula is C21H25N3O3. The summed E-state index contributed by atoms with van der Waals surface area (Å²) < 4.78 is 5.23. The summed E-state index contributed by atoms with van der Waals surface area (Å²) in [5, 5.41) is 2.62. The summed E-state index contributed by atoms with van der Waals surface area (Å²) in [7, 11) is 0. The van der Waals surface area contributed by atoms with Crippen LogP contribution < -0.4 is 5.32 Å². The van der Waals surface area contributed by atoms with E-state index in [2.05, 4.69) is 10.3 Å². The van der Waals surface area contributed by atoms with E-state index in [1.807, 2.05) is 62.1 Å². The van der Waals surface area contributed by atoms with E-state index in [0.29, 0.717) is 11.4 Å². The van der Waals surface area contributed by atoms with E-state index in [4.69, 9.17) is 4.74 Å². The second-order valence-corrected chi connectivity index (χ2v) is 7.63. The van der Waals surface area contributed by atoms with Crippen molar-refractivity contribution in [1.29, 1.82) is 0 Å². The molecule has 0 saturated carbocycles. The molecule has 3 rings (SSSR count). The molecule has 1 aromatic heterocycles. The molecule has 6 nitrogen and oxygen atoms in total. The Morgan fingerprint density at radius 2 is 1.89 bits per heavy atom. The minimum Gasteiger partial charge on any atom is -0.444 e. The summed E-state index contributed by atoms with van der Waals surface area (Å²) in [4.78, 5) is 30.9. The second-order valence-electron chi connectivity index (χ2n) is 7.63. The number of aromatic nitrogens is 1. The van der Waals surface area contributed by atoms with E-state index in [0.717, 1.165) is 24.9 Å². The number of hydrogen-bond donors (Lipinski definition) is 1. The molecule has 2 aromatic rings. The van der Waals surface area contributed by atoms with Crippen LogP contribution in [0, 0.1) is 0 Å². The number of rotatable bonds is 3. The summed E-state index contributed by atoms with van der Waals surface area (Å²) in [5.74, 6) is 0.459. The molecule has 142 valence electrons. The number of likely N-dealkylation sites (tertiary alicyclic amines) is 1. The normalized spacial score (nSPS) is 16.9. The van der Waals surface area contributed by atoms with Gasteiger partial charge in [-0.1, -0.05) is 24.3 Å². The highest BCUT2D eigenvalue weighted by Gasteiger charge is 2.30. The van der Waals surface area contributed by atoms with E-state index >= 15 is 0 Å². The van der Waals surface area contributed by atoms with Crippen LogP contribution in [0.25, 0.3) is 0 Å². The van der Waals surface area contributed by atoms with Crippen LogP contribution in [0.3, 0.4) is 0 Å².